The second kappa shape index (κ2) is 4.31. The van der Waals surface area contributed by atoms with Crippen LogP contribution in [0.3, 0.4) is 0 Å². The molecule has 2 saturated heterocycles. The molecule has 2 fully saturated rings. The van der Waals surface area contributed by atoms with E-state index in [4.69, 9.17) is 19.3 Å². The predicted octanol–water partition coefficient (Wildman–Crippen LogP) is 1.64. The van der Waals surface area contributed by atoms with Crippen molar-refractivity contribution in [3.8, 4) is 0 Å². The van der Waals surface area contributed by atoms with E-state index in [-0.39, 0.29) is 31.0 Å². The molecule has 18 heavy (non-hydrogen) atoms. The Kier molecular flexibility index (Phi) is 2.90. The Morgan fingerprint density at radius 1 is 1.11 bits per heavy atom. The molecule has 0 aromatic heterocycles. The molecular weight excluding hydrogens is 232 g/mol. The fourth-order valence-corrected chi connectivity index (χ4v) is 2.52. The molecule has 1 N–H and O–H groups in total. The van der Waals surface area contributed by atoms with Gasteiger partial charge in [-0.3, -0.25) is 0 Å². The molecular formula is C14H18O4. The van der Waals surface area contributed by atoms with Gasteiger partial charge in [0.25, 0.3) is 0 Å². The number of ether oxygens (including phenoxy) is 3. The molecule has 2 heterocycles. The molecule has 2 aliphatic rings. The minimum absolute atomic E-state index is 0.0342. The second-order valence-electron chi connectivity index (χ2n) is 5.25. The van der Waals surface area contributed by atoms with Gasteiger partial charge in [-0.1, -0.05) is 30.3 Å². The van der Waals surface area contributed by atoms with Gasteiger partial charge in [-0.15, -0.1) is 0 Å². The van der Waals surface area contributed by atoms with Crippen LogP contribution in [0.5, 0.6) is 0 Å². The average Bonchev–Trinajstić information content (AvgIpc) is 3.08. The maximum absolute atomic E-state index is 9.10. The van der Waals surface area contributed by atoms with Gasteiger partial charge >= 0.3 is 0 Å². The summed E-state index contributed by atoms with van der Waals surface area (Å²) in [6.07, 6.45) is -0.469. The molecule has 0 amide bonds. The number of hydrogen-bond acceptors (Lipinski definition) is 4. The van der Waals surface area contributed by atoms with Crippen LogP contribution in [0.15, 0.2) is 30.3 Å². The Bertz CT molecular complexity index is 417. The van der Waals surface area contributed by atoms with Gasteiger partial charge in [-0.25, -0.2) is 0 Å². The molecule has 4 nitrogen and oxygen atoms in total. The third kappa shape index (κ3) is 2.17. The molecule has 4 heteroatoms. The Morgan fingerprint density at radius 2 is 1.83 bits per heavy atom. The van der Waals surface area contributed by atoms with Crippen molar-refractivity contribution in [2.45, 2.75) is 44.1 Å². The molecule has 98 valence electrons. The SMILES string of the molecule is CC1(C)O[C@@H]([C@@H]2O[C@H]2CO)[C@@H](c2ccccc2)O1. The van der Waals surface area contributed by atoms with E-state index in [0.29, 0.717) is 0 Å². The molecule has 1 aromatic carbocycles. The summed E-state index contributed by atoms with van der Waals surface area (Å²) in [5.74, 6) is -0.614. The lowest BCUT2D eigenvalue weighted by Crippen LogP contribution is -2.26. The van der Waals surface area contributed by atoms with Gasteiger partial charge in [0.15, 0.2) is 5.79 Å². The first-order valence-electron chi connectivity index (χ1n) is 6.27. The largest absolute Gasteiger partial charge is 0.394 e. The van der Waals surface area contributed by atoms with Gasteiger partial charge in [-0.05, 0) is 19.4 Å². The van der Waals surface area contributed by atoms with E-state index < -0.39 is 5.79 Å². The number of aliphatic hydroxyl groups excluding tert-OH is 1. The van der Waals surface area contributed by atoms with Crippen LogP contribution < -0.4 is 0 Å². The number of rotatable bonds is 3. The topological polar surface area (TPSA) is 51.2 Å². The van der Waals surface area contributed by atoms with Crippen LogP contribution in [-0.4, -0.2) is 35.8 Å². The molecule has 0 saturated carbocycles. The Morgan fingerprint density at radius 3 is 2.44 bits per heavy atom. The lowest BCUT2D eigenvalue weighted by Gasteiger charge is -2.16. The van der Waals surface area contributed by atoms with E-state index in [1.54, 1.807) is 0 Å². The third-order valence-corrected chi connectivity index (χ3v) is 3.38. The van der Waals surface area contributed by atoms with E-state index in [9.17, 15) is 0 Å². The number of aliphatic hydroxyl groups is 1. The van der Waals surface area contributed by atoms with Gasteiger partial charge in [0, 0.05) is 0 Å². The van der Waals surface area contributed by atoms with E-state index in [1.165, 1.54) is 0 Å². The van der Waals surface area contributed by atoms with E-state index in [2.05, 4.69) is 0 Å². The zero-order chi connectivity index (χ0) is 12.8. The van der Waals surface area contributed by atoms with Crippen LogP contribution >= 0.6 is 0 Å². The summed E-state index contributed by atoms with van der Waals surface area (Å²) in [4.78, 5) is 0. The van der Waals surface area contributed by atoms with Crippen LogP contribution in [0.25, 0.3) is 0 Å². The quantitative estimate of drug-likeness (QED) is 0.829. The van der Waals surface area contributed by atoms with Crippen molar-refractivity contribution in [2.75, 3.05) is 6.61 Å². The Balaban J connectivity index is 1.83. The molecule has 2 aliphatic heterocycles. The van der Waals surface area contributed by atoms with Gasteiger partial charge in [0.05, 0.1) is 6.61 Å². The summed E-state index contributed by atoms with van der Waals surface area (Å²) >= 11 is 0. The molecule has 0 spiro atoms. The van der Waals surface area contributed by atoms with E-state index >= 15 is 0 Å². The highest BCUT2D eigenvalue weighted by Gasteiger charge is 2.55. The molecule has 0 aliphatic carbocycles. The first-order chi connectivity index (χ1) is 8.61. The fraction of sp³-hybridized carbons (Fsp3) is 0.571. The normalized spacial score (nSPS) is 37.7. The van der Waals surface area contributed by atoms with Gasteiger partial charge < -0.3 is 19.3 Å². The maximum atomic E-state index is 9.10. The highest BCUT2D eigenvalue weighted by Crippen LogP contribution is 2.44. The number of epoxide rings is 1. The van der Waals surface area contributed by atoms with Crippen molar-refractivity contribution in [1.29, 1.82) is 0 Å². The van der Waals surface area contributed by atoms with Crippen molar-refractivity contribution in [2.24, 2.45) is 0 Å². The monoisotopic (exact) mass is 250 g/mol. The van der Waals surface area contributed by atoms with Gasteiger partial charge in [-0.2, -0.15) is 0 Å². The van der Waals surface area contributed by atoms with Crippen molar-refractivity contribution >= 4 is 0 Å². The standard InChI is InChI=1S/C14H18O4/c1-14(2)17-11(9-6-4-3-5-7-9)13(18-14)12-10(8-15)16-12/h3-7,10-13,15H,8H2,1-2H3/t10-,11+,12+,13+/m0/s1. The average molecular weight is 250 g/mol. The minimum atomic E-state index is -0.614. The number of hydrogen-bond donors (Lipinski definition) is 1. The second-order valence-corrected chi connectivity index (χ2v) is 5.25. The van der Waals surface area contributed by atoms with Crippen molar-refractivity contribution in [3.63, 3.8) is 0 Å². The summed E-state index contributed by atoms with van der Waals surface area (Å²) in [5.41, 5.74) is 1.08. The van der Waals surface area contributed by atoms with Crippen LogP contribution in [0, 0.1) is 0 Å². The van der Waals surface area contributed by atoms with Gasteiger partial charge in [0.1, 0.15) is 24.4 Å². The Hall–Kier alpha value is -0.940. The highest BCUT2D eigenvalue weighted by atomic mass is 16.8. The van der Waals surface area contributed by atoms with E-state index in [0.717, 1.165) is 5.56 Å². The first-order valence-corrected chi connectivity index (χ1v) is 6.27. The van der Waals surface area contributed by atoms with Crippen LogP contribution in [0.4, 0.5) is 0 Å². The molecule has 0 radical (unpaired) electrons. The lowest BCUT2D eigenvalue weighted by molar-refractivity contribution is -0.148. The molecule has 3 rings (SSSR count). The Labute approximate surface area is 106 Å². The number of benzene rings is 1. The zero-order valence-corrected chi connectivity index (χ0v) is 10.6. The van der Waals surface area contributed by atoms with Crippen molar-refractivity contribution < 1.29 is 19.3 Å². The smallest absolute Gasteiger partial charge is 0.164 e. The summed E-state index contributed by atoms with van der Waals surface area (Å²) in [6, 6.07) is 10.00. The predicted molar refractivity (Wildman–Crippen MR) is 65.0 cm³/mol. The van der Waals surface area contributed by atoms with Crippen LogP contribution in [0.1, 0.15) is 25.5 Å². The minimum Gasteiger partial charge on any atom is -0.394 e. The molecule has 4 atom stereocenters. The van der Waals surface area contributed by atoms with Gasteiger partial charge in [0.2, 0.25) is 0 Å². The summed E-state index contributed by atoms with van der Waals surface area (Å²) in [7, 11) is 0. The fourth-order valence-electron chi connectivity index (χ4n) is 2.52. The maximum Gasteiger partial charge on any atom is 0.164 e. The zero-order valence-electron chi connectivity index (χ0n) is 10.6. The molecule has 0 unspecified atom stereocenters. The summed E-state index contributed by atoms with van der Waals surface area (Å²) in [5, 5.41) is 9.10. The van der Waals surface area contributed by atoms with Crippen molar-refractivity contribution in [3.05, 3.63) is 35.9 Å². The van der Waals surface area contributed by atoms with Crippen LogP contribution in [-0.2, 0) is 14.2 Å². The lowest BCUT2D eigenvalue weighted by atomic mass is 10.0. The highest BCUT2D eigenvalue weighted by molar-refractivity contribution is 5.21. The first kappa shape index (κ1) is 12.1. The van der Waals surface area contributed by atoms with E-state index in [1.807, 2.05) is 44.2 Å². The summed E-state index contributed by atoms with van der Waals surface area (Å²) in [6.45, 7) is 3.84. The molecule has 1 aromatic rings. The van der Waals surface area contributed by atoms with Crippen molar-refractivity contribution in [1.82, 2.24) is 0 Å². The molecule has 0 bridgehead atoms. The van der Waals surface area contributed by atoms with Crippen LogP contribution in [0.2, 0.25) is 0 Å². The summed E-state index contributed by atoms with van der Waals surface area (Å²) < 4.78 is 17.3. The third-order valence-electron chi connectivity index (χ3n) is 3.38.